The van der Waals surface area contributed by atoms with E-state index in [1.54, 1.807) is 0 Å². The fourth-order valence-electron chi connectivity index (χ4n) is 2.58. The first-order chi connectivity index (χ1) is 9.23. The molecule has 1 rings (SSSR count). The zero-order valence-electron chi connectivity index (χ0n) is 14.0. The third kappa shape index (κ3) is 3.28. The molecule has 0 spiro atoms. The van der Waals surface area contributed by atoms with Crippen LogP contribution in [0.2, 0.25) is 0 Å². The van der Waals surface area contributed by atoms with E-state index in [1.807, 2.05) is 18.9 Å². The number of hydrogen-bond donors (Lipinski definition) is 0. The van der Waals surface area contributed by atoms with Gasteiger partial charge in [0.1, 0.15) is 0 Å². The summed E-state index contributed by atoms with van der Waals surface area (Å²) in [6.07, 6.45) is 2.95. The Labute approximate surface area is 123 Å². The number of Topliss-reactive ketones (excluding diaryl/α,β-unsaturated/α-hetero) is 1. The van der Waals surface area contributed by atoms with E-state index in [0.29, 0.717) is 12.1 Å². The lowest BCUT2D eigenvalue weighted by molar-refractivity contribution is -0.124. The minimum Gasteiger partial charge on any atom is -0.293 e. The van der Waals surface area contributed by atoms with Gasteiger partial charge in [0.05, 0.1) is 11.1 Å². The van der Waals surface area contributed by atoms with Gasteiger partial charge in [0.2, 0.25) is 0 Å². The van der Waals surface area contributed by atoms with Crippen molar-refractivity contribution in [1.29, 1.82) is 0 Å². The van der Waals surface area contributed by atoms with Gasteiger partial charge in [0, 0.05) is 17.7 Å². The van der Waals surface area contributed by atoms with Crippen LogP contribution in [0.1, 0.15) is 67.7 Å². The summed E-state index contributed by atoms with van der Waals surface area (Å²) in [5.74, 6) is 0.237. The summed E-state index contributed by atoms with van der Waals surface area (Å²) < 4.78 is 0. The Balaban J connectivity index is 2.96. The first-order valence-electron chi connectivity index (χ1n) is 7.71. The largest absolute Gasteiger partial charge is 0.293 e. The summed E-state index contributed by atoms with van der Waals surface area (Å²) in [6.45, 7) is 14.4. The fraction of sp³-hybridized carbons (Fsp3) is 0.812. The van der Waals surface area contributed by atoms with Crippen LogP contribution in [0, 0.1) is 5.41 Å². The van der Waals surface area contributed by atoms with E-state index in [-0.39, 0.29) is 5.78 Å². The van der Waals surface area contributed by atoms with E-state index in [1.165, 1.54) is 0 Å². The van der Waals surface area contributed by atoms with Crippen LogP contribution in [-0.4, -0.2) is 22.9 Å². The Bertz CT molecular complexity index is 411. The molecule has 0 aromatic rings. The Kier molecular flexibility index (Phi) is 5.49. The number of carbonyl (C=O) groups is 1. The maximum atomic E-state index is 12.1. The van der Waals surface area contributed by atoms with E-state index in [9.17, 15) is 4.79 Å². The molecule has 4 heteroatoms. The van der Waals surface area contributed by atoms with Gasteiger partial charge in [-0.2, -0.15) is 0 Å². The Morgan fingerprint density at radius 1 is 1.15 bits per heavy atom. The molecule has 0 heterocycles. The van der Waals surface area contributed by atoms with E-state index in [0.717, 1.165) is 30.5 Å². The topological polar surface area (TPSA) is 45.0 Å². The molecule has 0 aromatic carbocycles. The number of hydrogen-bond acceptors (Lipinski definition) is 3. The van der Waals surface area contributed by atoms with Gasteiger partial charge in [-0.1, -0.05) is 18.6 Å². The van der Waals surface area contributed by atoms with Crippen molar-refractivity contribution in [2.24, 2.45) is 15.8 Å². The first-order valence-corrected chi connectivity index (χ1v) is 7.71. The van der Waals surface area contributed by atoms with Crippen molar-refractivity contribution in [3.63, 3.8) is 0 Å². The highest BCUT2D eigenvalue weighted by molar-refractivity contribution is 6.09. The van der Waals surface area contributed by atoms with Gasteiger partial charge in [0.25, 0.3) is 0 Å². The third-order valence-corrected chi connectivity index (χ3v) is 3.81. The predicted octanol–water partition coefficient (Wildman–Crippen LogP) is 4.53. The van der Waals surface area contributed by atoms with Gasteiger partial charge in [0.15, 0.2) is 5.78 Å². The van der Waals surface area contributed by atoms with Crippen LogP contribution in [0.3, 0.4) is 0 Å². The molecule has 0 fully saturated rings. The van der Waals surface area contributed by atoms with Crippen molar-refractivity contribution in [2.45, 2.75) is 79.8 Å². The zero-order valence-corrected chi connectivity index (χ0v) is 14.0. The van der Waals surface area contributed by atoms with Crippen LogP contribution in [0.15, 0.2) is 21.6 Å². The minimum absolute atomic E-state index is 0.237. The monoisotopic (exact) mass is 279 g/mol. The summed E-state index contributed by atoms with van der Waals surface area (Å²) in [4.78, 5) is 12.1. The second-order valence-electron chi connectivity index (χ2n) is 6.64. The summed E-state index contributed by atoms with van der Waals surface area (Å²) in [5, 5.41) is 10.8. The molecule has 0 bridgehead atoms. The molecule has 0 N–H and O–H groups in total. The first kappa shape index (κ1) is 16.9. The van der Waals surface area contributed by atoms with Gasteiger partial charge in [-0.15, -0.1) is 5.11 Å². The molecular weight excluding hydrogens is 250 g/mol. The van der Waals surface area contributed by atoms with E-state index >= 15 is 0 Å². The van der Waals surface area contributed by atoms with Gasteiger partial charge in [-0.05, 0) is 54.4 Å². The van der Waals surface area contributed by atoms with Crippen LogP contribution in [0.25, 0.3) is 0 Å². The van der Waals surface area contributed by atoms with Crippen LogP contribution in [0.4, 0.5) is 0 Å². The SMILES string of the molecule is CCCCC1=C(N=NN(C(C)C)C(C)C)C(C)(C)C1=O. The highest BCUT2D eigenvalue weighted by Gasteiger charge is 2.46. The van der Waals surface area contributed by atoms with Crippen LogP contribution < -0.4 is 0 Å². The number of carbonyl (C=O) groups excluding carboxylic acids is 1. The summed E-state index contributed by atoms with van der Waals surface area (Å²) >= 11 is 0. The highest BCUT2D eigenvalue weighted by Crippen LogP contribution is 2.45. The molecule has 114 valence electrons. The van der Waals surface area contributed by atoms with Crippen molar-refractivity contribution in [3.05, 3.63) is 11.3 Å². The average Bonchev–Trinajstić information content (AvgIpc) is 2.35. The molecule has 1 aliphatic carbocycles. The molecule has 0 unspecified atom stereocenters. The summed E-state index contributed by atoms with van der Waals surface area (Å²) in [6, 6.07) is 0.606. The van der Waals surface area contributed by atoms with Crippen LogP contribution in [-0.2, 0) is 4.79 Å². The summed E-state index contributed by atoms with van der Waals surface area (Å²) in [5.41, 5.74) is 1.29. The second-order valence-corrected chi connectivity index (χ2v) is 6.64. The number of rotatable bonds is 7. The number of unbranched alkanes of at least 4 members (excludes halogenated alkanes) is 1. The normalized spacial score (nSPS) is 18.4. The number of allylic oxidation sites excluding steroid dienone is 2. The molecular formula is C16H29N3O. The Hall–Kier alpha value is -1.19. The smallest absolute Gasteiger partial charge is 0.172 e. The standard InChI is InChI=1S/C16H29N3O/c1-8-9-10-13-14(16(6,7)15(13)20)17-18-19(11(2)3)12(4)5/h11-12H,8-10H2,1-7H3. The minimum atomic E-state index is -0.466. The fourth-order valence-corrected chi connectivity index (χ4v) is 2.58. The maximum Gasteiger partial charge on any atom is 0.172 e. The quantitative estimate of drug-likeness (QED) is 0.508. The molecule has 1 aliphatic rings. The molecule has 0 saturated carbocycles. The molecule has 4 nitrogen and oxygen atoms in total. The van der Waals surface area contributed by atoms with Gasteiger partial charge >= 0.3 is 0 Å². The van der Waals surface area contributed by atoms with Crippen molar-refractivity contribution in [2.75, 3.05) is 0 Å². The van der Waals surface area contributed by atoms with E-state index in [4.69, 9.17) is 0 Å². The number of nitrogens with zero attached hydrogens (tertiary/aromatic N) is 3. The van der Waals surface area contributed by atoms with Crippen molar-refractivity contribution in [3.8, 4) is 0 Å². The van der Waals surface area contributed by atoms with Crippen molar-refractivity contribution in [1.82, 2.24) is 5.01 Å². The lowest BCUT2D eigenvalue weighted by Crippen LogP contribution is -2.39. The molecule has 0 atom stereocenters. The lowest BCUT2D eigenvalue weighted by atomic mass is 9.68. The molecule has 0 amide bonds. The van der Waals surface area contributed by atoms with Crippen LogP contribution in [0.5, 0.6) is 0 Å². The molecule has 20 heavy (non-hydrogen) atoms. The zero-order chi connectivity index (χ0) is 15.5. The molecule has 0 aromatic heterocycles. The van der Waals surface area contributed by atoms with E-state index < -0.39 is 5.41 Å². The number of ketones is 1. The van der Waals surface area contributed by atoms with Crippen molar-refractivity contribution >= 4 is 5.78 Å². The molecule has 0 aliphatic heterocycles. The maximum absolute atomic E-state index is 12.1. The second kappa shape index (κ2) is 6.51. The predicted molar refractivity (Wildman–Crippen MR) is 82.3 cm³/mol. The Morgan fingerprint density at radius 3 is 2.15 bits per heavy atom. The molecule has 0 saturated heterocycles. The third-order valence-electron chi connectivity index (χ3n) is 3.81. The van der Waals surface area contributed by atoms with Gasteiger partial charge in [-0.25, -0.2) is 0 Å². The van der Waals surface area contributed by atoms with E-state index in [2.05, 4.69) is 45.0 Å². The molecule has 0 radical (unpaired) electrons. The van der Waals surface area contributed by atoms with Crippen LogP contribution >= 0.6 is 0 Å². The lowest BCUT2D eigenvalue weighted by Gasteiger charge is -2.36. The van der Waals surface area contributed by atoms with Crippen molar-refractivity contribution < 1.29 is 4.79 Å². The van der Waals surface area contributed by atoms with Gasteiger partial charge in [-0.3, -0.25) is 9.80 Å². The average molecular weight is 279 g/mol. The highest BCUT2D eigenvalue weighted by atomic mass is 16.1. The summed E-state index contributed by atoms with van der Waals surface area (Å²) in [7, 11) is 0. The van der Waals surface area contributed by atoms with Gasteiger partial charge < -0.3 is 0 Å². The Morgan fingerprint density at radius 2 is 1.70 bits per heavy atom.